The molecule has 20 heavy (non-hydrogen) atoms. The van der Waals surface area contributed by atoms with Crippen molar-refractivity contribution in [2.45, 2.75) is 24.3 Å². The Bertz CT molecular complexity index is 644. The number of hydrogen-bond acceptors (Lipinski definition) is 4. The van der Waals surface area contributed by atoms with E-state index >= 15 is 0 Å². The number of benzene rings is 1. The van der Waals surface area contributed by atoms with Crippen molar-refractivity contribution in [3.05, 3.63) is 28.2 Å². The maximum atomic E-state index is 12.1. The van der Waals surface area contributed by atoms with Crippen LogP contribution in [0, 0.1) is 6.92 Å². The van der Waals surface area contributed by atoms with Crippen molar-refractivity contribution in [2.75, 3.05) is 0 Å². The molecule has 0 aliphatic rings. The van der Waals surface area contributed by atoms with Crippen molar-refractivity contribution < 1.29 is 23.1 Å². The van der Waals surface area contributed by atoms with E-state index in [0.29, 0.717) is 4.47 Å². The third kappa shape index (κ3) is 4.29. The predicted molar refractivity (Wildman–Crippen MR) is 74.4 cm³/mol. The van der Waals surface area contributed by atoms with E-state index in [0.717, 1.165) is 5.56 Å². The fraction of sp³-hybridized carbons (Fsp3) is 0.273. The molecule has 0 heterocycles. The van der Waals surface area contributed by atoms with Gasteiger partial charge < -0.3 is 10.8 Å². The highest BCUT2D eigenvalue weighted by molar-refractivity contribution is 9.10. The summed E-state index contributed by atoms with van der Waals surface area (Å²) in [6, 6.07) is 2.89. The first-order valence-electron chi connectivity index (χ1n) is 5.43. The number of carboxylic acid groups (broad SMARTS) is 1. The molecule has 110 valence electrons. The molecule has 0 aliphatic heterocycles. The van der Waals surface area contributed by atoms with Crippen LogP contribution >= 0.6 is 15.9 Å². The van der Waals surface area contributed by atoms with Crippen LogP contribution in [0.25, 0.3) is 0 Å². The summed E-state index contributed by atoms with van der Waals surface area (Å²) in [4.78, 5) is 21.6. The SMILES string of the molecule is Cc1ccc(S(=O)(=O)NC(CC(N)=O)C(=O)O)c(Br)c1. The summed E-state index contributed by atoms with van der Waals surface area (Å²) in [6.07, 6.45) is -0.627. The number of hydrogen-bond donors (Lipinski definition) is 3. The van der Waals surface area contributed by atoms with Crippen LogP contribution in [0.3, 0.4) is 0 Å². The number of carbonyl (C=O) groups is 2. The van der Waals surface area contributed by atoms with Crippen LogP contribution in [-0.4, -0.2) is 31.4 Å². The molecule has 0 fully saturated rings. The molecule has 1 aromatic carbocycles. The Balaban J connectivity index is 3.09. The van der Waals surface area contributed by atoms with Crippen LogP contribution in [-0.2, 0) is 19.6 Å². The summed E-state index contributed by atoms with van der Waals surface area (Å²) in [5, 5.41) is 8.90. The quantitative estimate of drug-likeness (QED) is 0.671. The van der Waals surface area contributed by atoms with E-state index in [4.69, 9.17) is 10.8 Å². The van der Waals surface area contributed by atoms with Gasteiger partial charge in [0.2, 0.25) is 15.9 Å². The number of sulfonamides is 1. The number of nitrogens with one attached hydrogen (secondary N) is 1. The minimum absolute atomic E-state index is 0.112. The van der Waals surface area contributed by atoms with Crippen LogP contribution in [0.5, 0.6) is 0 Å². The zero-order chi connectivity index (χ0) is 15.5. The lowest BCUT2D eigenvalue weighted by Gasteiger charge is -2.14. The second-order valence-electron chi connectivity index (χ2n) is 4.12. The van der Waals surface area contributed by atoms with Gasteiger partial charge in [0.1, 0.15) is 6.04 Å². The molecule has 4 N–H and O–H groups in total. The van der Waals surface area contributed by atoms with Gasteiger partial charge in [-0.2, -0.15) is 4.72 Å². The number of primary amides is 1. The summed E-state index contributed by atoms with van der Waals surface area (Å²) < 4.78 is 26.5. The normalized spacial score (nSPS) is 12.9. The molecule has 0 spiro atoms. The minimum Gasteiger partial charge on any atom is -0.480 e. The number of carboxylic acids is 1. The lowest BCUT2D eigenvalue weighted by atomic mass is 10.2. The summed E-state index contributed by atoms with van der Waals surface area (Å²) in [5.41, 5.74) is 5.73. The molecule has 7 nitrogen and oxygen atoms in total. The highest BCUT2D eigenvalue weighted by Gasteiger charge is 2.28. The van der Waals surface area contributed by atoms with Crippen LogP contribution < -0.4 is 10.5 Å². The van der Waals surface area contributed by atoms with Crippen molar-refractivity contribution in [3.63, 3.8) is 0 Å². The number of aryl methyl sites for hydroxylation is 1. The van der Waals surface area contributed by atoms with Gasteiger partial charge in [0.05, 0.1) is 11.3 Å². The molecule has 0 aromatic heterocycles. The Kier molecular flexibility index (Phi) is 5.26. The Morgan fingerprint density at radius 3 is 2.50 bits per heavy atom. The molecule has 0 saturated carbocycles. The van der Waals surface area contributed by atoms with Crippen molar-refractivity contribution in [1.82, 2.24) is 4.72 Å². The lowest BCUT2D eigenvalue weighted by molar-refractivity contribution is -0.140. The number of rotatable bonds is 6. The maximum absolute atomic E-state index is 12.1. The second kappa shape index (κ2) is 6.33. The largest absolute Gasteiger partial charge is 0.480 e. The molecule has 0 aliphatic carbocycles. The molecular weight excluding hydrogens is 352 g/mol. The topological polar surface area (TPSA) is 127 Å². The molecule has 1 unspecified atom stereocenters. The molecule has 1 aromatic rings. The number of amides is 1. The Hall–Kier alpha value is -1.45. The number of aliphatic carboxylic acids is 1. The highest BCUT2D eigenvalue weighted by atomic mass is 79.9. The fourth-order valence-electron chi connectivity index (χ4n) is 1.46. The first-order chi connectivity index (χ1) is 9.13. The standard InChI is InChI=1S/C11H13BrN2O5S/c1-6-2-3-9(7(12)4-6)20(18,19)14-8(11(16)17)5-10(13)15/h2-4,8,14H,5H2,1H3,(H2,13,15)(H,16,17). The van der Waals surface area contributed by atoms with Crippen molar-refractivity contribution in [1.29, 1.82) is 0 Å². The number of carbonyl (C=O) groups excluding carboxylic acids is 1. The van der Waals surface area contributed by atoms with Crippen molar-refractivity contribution >= 4 is 37.8 Å². The van der Waals surface area contributed by atoms with Crippen LogP contribution in [0.4, 0.5) is 0 Å². The number of halogens is 1. The summed E-state index contributed by atoms with van der Waals surface area (Å²) in [7, 11) is -4.08. The van der Waals surface area contributed by atoms with Gasteiger partial charge in [0.15, 0.2) is 0 Å². The second-order valence-corrected chi connectivity index (χ2v) is 6.65. The van der Waals surface area contributed by atoms with E-state index in [1.165, 1.54) is 6.07 Å². The average Bonchev–Trinajstić information content (AvgIpc) is 2.26. The van der Waals surface area contributed by atoms with Gasteiger partial charge >= 0.3 is 5.97 Å². The molecule has 0 bridgehead atoms. The first-order valence-corrected chi connectivity index (χ1v) is 7.70. The molecular formula is C11H13BrN2O5S. The molecule has 1 amide bonds. The molecule has 1 rings (SSSR count). The third-order valence-corrected chi connectivity index (χ3v) is 4.83. The van der Waals surface area contributed by atoms with E-state index in [-0.39, 0.29) is 4.90 Å². The molecule has 9 heteroatoms. The van der Waals surface area contributed by atoms with Crippen LogP contribution in [0.15, 0.2) is 27.6 Å². The van der Waals surface area contributed by atoms with E-state index in [1.807, 2.05) is 4.72 Å². The monoisotopic (exact) mass is 364 g/mol. The molecule has 1 atom stereocenters. The Morgan fingerprint density at radius 2 is 2.05 bits per heavy atom. The van der Waals surface area contributed by atoms with Crippen molar-refractivity contribution in [3.8, 4) is 0 Å². The molecule has 0 saturated heterocycles. The van der Waals surface area contributed by atoms with Gasteiger partial charge in [-0.05, 0) is 40.5 Å². The minimum atomic E-state index is -4.08. The predicted octanol–water partition coefficient (Wildman–Crippen LogP) is 0.364. The van der Waals surface area contributed by atoms with Gasteiger partial charge in [-0.1, -0.05) is 6.07 Å². The summed E-state index contributed by atoms with van der Waals surface area (Å²) in [5.74, 6) is -2.39. The highest BCUT2D eigenvalue weighted by Crippen LogP contribution is 2.23. The van der Waals surface area contributed by atoms with Gasteiger partial charge in [-0.15, -0.1) is 0 Å². The fourth-order valence-corrected chi connectivity index (χ4v) is 3.84. The van der Waals surface area contributed by atoms with Crippen molar-refractivity contribution in [2.24, 2.45) is 5.73 Å². The first kappa shape index (κ1) is 16.6. The lowest BCUT2D eigenvalue weighted by Crippen LogP contribution is -2.43. The van der Waals surface area contributed by atoms with Crippen LogP contribution in [0.1, 0.15) is 12.0 Å². The Labute approximate surface area is 124 Å². The van der Waals surface area contributed by atoms with Gasteiger partial charge in [-0.25, -0.2) is 8.42 Å². The van der Waals surface area contributed by atoms with E-state index in [1.54, 1.807) is 19.1 Å². The van der Waals surface area contributed by atoms with Gasteiger partial charge in [-0.3, -0.25) is 9.59 Å². The zero-order valence-corrected chi connectivity index (χ0v) is 12.9. The third-order valence-electron chi connectivity index (χ3n) is 2.38. The van der Waals surface area contributed by atoms with E-state index < -0.39 is 34.4 Å². The van der Waals surface area contributed by atoms with Crippen LogP contribution in [0.2, 0.25) is 0 Å². The van der Waals surface area contributed by atoms with E-state index in [9.17, 15) is 18.0 Å². The molecule has 0 radical (unpaired) electrons. The maximum Gasteiger partial charge on any atom is 0.322 e. The number of nitrogens with two attached hydrogens (primary N) is 1. The van der Waals surface area contributed by atoms with Gasteiger partial charge in [0, 0.05) is 4.47 Å². The Morgan fingerprint density at radius 1 is 1.45 bits per heavy atom. The van der Waals surface area contributed by atoms with Gasteiger partial charge in [0.25, 0.3) is 0 Å². The van der Waals surface area contributed by atoms with E-state index in [2.05, 4.69) is 15.9 Å². The zero-order valence-electron chi connectivity index (χ0n) is 10.5. The summed E-state index contributed by atoms with van der Waals surface area (Å²) >= 11 is 3.10. The smallest absolute Gasteiger partial charge is 0.322 e. The summed E-state index contributed by atoms with van der Waals surface area (Å²) in [6.45, 7) is 1.78. The average molecular weight is 365 g/mol.